The summed E-state index contributed by atoms with van der Waals surface area (Å²) in [7, 11) is 0. The molecule has 0 aliphatic carbocycles. The molecule has 0 fully saturated rings. The number of hydrogen-bond acceptors (Lipinski definition) is 5. The molecule has 3 rings (SSSR count). The number of nitrogens with zero attached hydrogens (tertiary/aromatic N) is 1. The van der Waals surface area contributed by atoms with Crippen LogP contribution in [0.2, 0.25) is 10.0 Å². The lowest BCUT2D eigenvalue weighted by molar-refractivity contribution is -0.136. The summed E-state index contributed by atoms with van der Waals surface area (Å²) in [6.07, 6.45) is 1.26. The van der Waals surface area contributed by atoms with E-state index in [9.17, 15) is 14.4 Å². The van der Waals surface area contributed by atoms with Gasteiger partial charge in [0, 0.05) is 21.3 Å². The van der Waals surface area contributed by atoms with Crippen LogP contribution in [0.1, 0.15) is 15.9 Å². The van der Waals surface area contributed by atoms with Gasteiger partial charge in [-0.25, -0.2) is 10.2 Å². The van der Waals surface area contributed by atoms with Gasteiger partial charge in [0.25, 0.3) is 0 Å². The van der Waals surface area contributed by atoms with E-state index in [0.29, 0.717) is 26.9 Å². The molecule has 0 aliphatic rings. The van der Waals surface area contributed by atoms with Crippen molar-refractivity contribution in [3.8, 4) is 5.75 Å². The van der Waals surface area contributed by atoms with Gasteiger partial charge in [-0.2, -0.15) is 5.10 Å². The van der Waals surface area contributed by atoms with Gasteiger partial charge in [-0.15, -0.1) is 0 Å². The van der Waals surface area contributed by atoms with Gasteiger partial charge in [0.1, 0.15) is 5.75 Å². The van der Waals surface area contributed by atoms with E-state index in [4.69, 9.17) is 27.9 Å². The summed E-state index contributed by atoms with van der Waals surface area (Å²) in [6.45, 7) is 0. The highest BCUT2D eigenvalue weighted by atomic mass is 35.5. The van der Waals surface area contributed by atoms with Crippen LogP contribution in [0.15, 0.2) is 77.9 Å². The minimum atomic E-state index is -0.971. The summed E-state index contributed by atoms with van der Waals surface area (Å²) in [5, 5.41) is 7.17. The summed E-state index contributed by atoms with van der Waals surface area (Å²) in [5.74, 6) is -2.22. The van der Waals surface area contributed by atoms with E-state index >= 15 is 0 Å². The summed E-state index contributed by atoms with van der Waals surface area (Å²) in [6, 6.07) is 19.1. The fourth-order valence-electron chi connectivity index (χ4n) is 2.36. The first-order valence-electron chi connectivity index (χ1n) is 8.89. The molecule has 0 atom stereocenters. The number of nitrogens with one attached hydrogen (secondary N) is 2. The van der Waals surface area contributed by atoms with E-state index in [1.165, 1.54) is 6.21 Å². The molecule has 0 saturated heterocycles. The molecule has 7 nitrogen and oxygen atoms in total. The topological polar surface area (TPSA) is 96.9 Å². The van der Waals surface area contributed by atoms with E-state index in [0.717, 1.165) is 0 Å². The van der Waals surface area contributed by atoms with Gasteiger partial charge < -0.3 is 10.1 Å². The monoisotopic (exact) mass is 455 g/mol. The maximum absolute atomic E-state index is 12.3. The van der Waals surface area contributed by atoms with Gasteiger partial charge >= 0.3 is 17.8 Å². The molecule has 31 heavy (non-hydrogen) atoms. The number of carbonyl (C=O) groups is 3. The molecule has 3 aromatic rings. The number of hydrogen-bond donors (Lipinski definition) is 2. The molecular weight excluding hydrogens is 441 g/mol. The second kappa shape index (κ2) is 10.4. The summed E-state index contributed by atoms with van der Waals surface area (Å²) in [5.41, 5.74) is 3.27. The maximum atomic E-state index is 12.3. The minimum absolute atomic E-state index is 0.228. The Balaban J connectivity index is 1.61. The van der Waals surface area contributed by atoms with Crippen LogP contribution in [-0.2, 0) is 9.59 Å². The number of ether oxygens (including phenoxy) is 1. The molecule has 0 spiro atoms. The molecule has 156 valence electrons. The van der Waals surface area contributed by atoms with Gasteiger partial charge in [0.2, 0.25) is 0 Å². The van der Waals surface area contributed by atoms with Crippen molar-refractivity contribution >= 4 is 52.9 Å². The van der Waals surface area contributed by atoms with Crippen LogP contribution in [0.4, 0.5) is 5.69 Å². The molecule has 9 heteroatoms. The highest BCUT2D eigenvalue weighted by Gasteiger charge is 2.14. The van der Waals surface area contributed by atoms with E-state index in [-0.39, 0.29) is 5.75 Å². The number of amides is 2. The Morgan fingerprint density at radius 1 is 0.806 bits per heavy atom. The molecule has 0 bridgehead atoms. The Labute approximate surface area is 187 Å². The third-order valence-corrected chi connectivity index (χ3v) is 4.38. The van der Waals surface area contributed by atoms with Crippen molar-refractivity contribution in [3.63, 3.8) is 0 Å². The fraction of sp³-hybridized carbons (Fsp3) is 0. The van der Waals surface area contributed by atoms with Gasteiger partial charge in [0.05, 0.1) is 11.8 Å². The number of hydrazone groups is 1. The van der Waals surface area contributed by atoms with E-state index < -0.39 is 17.8 Å². The van der Waals surface area contributed by atoms with Crippen LogP contribution in [0, 0.1) is 0 Å². The lowest BCUT2D eigenvalue weighted by Crippen LogP contribution is -2.32. The van der Waals surface area contributed by atoms with E-state index in [1.54, 1.807) is 72.8 Å². The number of carbonyl (C=O) groups excluding carboxylic acids is 3. The molecule has 0 unspecified atom stereocenters. The molecule has 2 N–H and O–H groups in total. The van der Waals surface area contributed by atoms with Crippen LogP contribution < -0.4 is 15.5 Å². The molecule has 0 saturated carbocycles. The normalized spacial score (nSPS) is 10.5. The van der Waals surface area contributed by atoms with Gasteiger partial charge in [0.15, 0.2) is 0 Å². The Morgan fingerprint density at radius 3 is 2.10 bits per heavy atom. The minimum Gasteiger partial charge on any atom is -0.422 e. The zero-order valence-corrected chi connectivity index (χ0v) is 17.4. The van der Waals surface area contributed by atoms with Gasteiger partial charge in [-0.1, -0.05) is 35.3 Å². The number of anilines is 1. The largest absolute Gasteiger partial charge is 0.422 e. The predicted octanol–water partition coefficient (Wildman–Crippen LogP) is 4.30. The third kappa shape index (κ3) is 6.40. The SMILES string of the molecule is O=C(N/N=C/c1ccccc1OC(=O)c1ccc(Cl)cc1)C(=O)Nc1ccc(Cl)cc1. The van der Waals surface area contributed by atoms with Crippen molar-refractivity contribution in [2.24, 2.45) is 5.10 Å². The number of halogens is 2. The Bertz CT molecular complexity index is 1130. The first kappa shape index (κ1) is 22.0. The predicted molar refractivity (Wildman–Crippen MR) is 119 cm³/mol. The first-order chi connectivity index (χ1) is 14.9. The summed E-state index contributed by atoms with van der Waals surface area (Å²) >= 11 is 11.6. The molecule has 0 aromatic heterocycles. The highest BCUT2D eigenvalue weighted by Crippen LogP contribution is 2.18. The van der Waals surface area contributed by atoms with Crippen molar-refractivity contribution in [1.29, 1.82) is 0 Å². The molecule has 0 heterocycles. The van der Waals surface area contributed by atoms with Gasteiger partial charge in [-0.05, 0) is 60.7 Å². The lowest BCUT2D eigenvalue weighted by Gasteiger charge is -2.07. The molecule has 0 radical (unpaired) electrons. The van der Waals surface area contributed by atoms with E-state index in [1.807, 2.05) is 0 Å². The zero-order chi connectivity index (χ0) is 22.2. The standard InChI is InChI=1S/C22H15Cl2N3O4/c23-16-7-5-14(6-8-16)22(30)31-19-4-2-1-3-15(19)13-25-27-21(29)20(28)26-18-11-9-17(24)10-12-18/h1-13H,(H,26,28)(H,27,29)/b25-13+. The van der Waals surface area contributed by atoms with Crippen molar-refractivity contribution in [1.82, 2.24) is 5.43 Å². The van der Waals surface area contributed by atoms with Crippen LogP contribution in [0.3, 0.4) is 0 Å². The number of esters is 1. The molecular formula is C22H15Cl2N3O4. The molecule has 2 amide bonds. The Kier molecular flexibility index (Phi) is 7.37. The smallest absolute Gasteiger partial charge is 0.343 e. The van der Waals surface area contributed by atoms with Crippen LogP contribution in [0.5, 0.6) is 5.75 Å². The molecule has 0 aliphatic heterocycles. The number of benzene rings is 3. The average Bonchev–Trinajstić information content (AvgIpc) is 2.76. The highest BCUT2D eigenvalue weighted by molar-refractivity contribution is 6.39. The molecule has 3 aromatic carbocycles. The van der Waals surface area contributed by atoms with Crippen LogP contribution in [-0.4, -0.2) is 24.0 Å². The van der Waals surface area contributed by atoms with Crippen molar-refractivity contribution in [2.45, 2.75) is 0 Å². The lowest BCUT2D eigenvalue weighted by atomic mass is 10.2. The second-order valence-corrected chi connectivity index (χ2v) is 6.97. The van der Waals surface area contributed by atoms with E-state index in [2.05, 4.69) is 15.8 Å². The number of rotatable bonds is 5. The Hall–Kier alpha value is -3.68. The van der Waals surface area contributed by atoms with Gasteiger partial charge in [-0.3, -0.25) is 9.59 Å². The second-order valence-electron chi connectivity index (χ2n) is 6.09. The maximum Gasteiger partial charge on any atom is 0.343 e. The van der Waals surface area contributed by atoms with Crippen molar-refractivity contribution < 1.29 is 19.1 Å². The summed E-state index contributed by atoms with van der Waals surface area (Å²) < 4.78 is 5.39. The first-order valence-corrected chi connectivity index (χ1v) is 9.65. The zero-order valence-electron chi connectivity index (χ0n) is 15.8. The third-order valence-electron chi connectivity index (χ3n) is 3.88. The quantitative estimate of drug-likeness (QED) is 0.197. The summed E-state index contributed by atoms with van der Waals surface area (Å²) in [4.78, 5) is 36.1. The fourth-order valence-corrected chi connectivity index (χ4v) is 2.61. The Morgan fingerprint density at radius 2 is 1.42 bits per heavy atom. The van der Waals surface area contributed by atoms with Crippen molar-refractivity contribution in [3.05, 3.63) is 94.0 Å². The van der Waals surface area contributed by atoms with Crippen LogP contribution >= 0.6 is 23.2 Å². The van der Waals surface area contributed by atoms with Crippen molar-refractivity contribution in [2.75, 3.05) is 5.32 Å². The number of para-hydroxylation sites is 1. The van der Waals surface area contributed by atoms with Crippen LogP contribution in [0.25, 0.3) is 0 Å². The average molecular weight is 456 g/mol.